The lowest BCUT2D eigenvalue weighted by molar-refractivity contribution is -0.115. The normalized spacial score (nSPS) is 11.9. The molecule has 116 valence electrons. The van der Waals surface area contributed by atoms with Gasteiger partial charge >= 0.3 is 0 Å². The van der Waals surface area contributed by atoms with Gasteiger partial charge in [-0.05, 0) is 31.0 Å². The molecule has 1 amide bonds. The Bertz CT molecular complexity index is 732. The van der Waals surface area contributed by atoms with Crippen molar-refractivity contribution in [2.24, 2.45) is 0 Å². The predicted molar refractivity (Wildman–Crippen MR) is 84.1 cm³/mol. The number of aromatic amines is 1. The first-order valence-corrected chi connectivity index (χ1v) is 7.56. The molecule has 0 radical (unpaired) electrons. The van der Waals surface area contributed by atoms with Crippen LogP contribution in [0.4, 0.5) is 5.82 Å². The Labute approximate surface area is 131 Å². The number of pyridine rings is 1. The number of anilines is 1. The van der Waals surface area contributed by atoms with Crippen molar-refractivity contribution in [3.63, 3.8) is 0 Å². The zero-order valence-corrected chi connectivity index (χ0v) is 13.0. The minimum Gasteiger partial charge on any atom is -0.493 e. The van der Waals surface area contributed by atoms with E-state index >= 15 is 0 Å². The summed E-state index contributed by atoms with van der Waals surface area (Å²) in [5, 5.41) is 11.8. The molecule has 3 N–H and O–H groups in total. The third-order valence-electron chi connectivity index (χ3n) is 2.79. The zero-order chi connectivity index (χ0) is 16.1. The molecule has 2 aromatic rings. The second kappa shape index (κ2) is 7.08. The Morgan fingerprint density at radius 2 is 2.27 bits per heavy atom. The quantitative estimate of drug-likeness (QED) is 0.571. The maximum Gasteiger partial charge on any atom is 0.255 e. The predicted octanol–water partition coefficient (Wildman–Crippen LogP) is 1.69. The number of rotatable bonds is 5. The maximum absolute atomic E-state index is 12.3. The highest BCUT2D eigenvalue weighted by Crippen LogP contribution is 2.23. The highest BCUT2D eigenvalue weighted by Gasteiger charge is 2.20. The van der Waals surface area contributed by atoms with Crippen LogP contribution in [-0.2, 0) is 4.79 Å². The third-order valence-corrected chi connectivity index (χ3v) is 4.04. The van der Waals surface area contributed by atoms with Gasteiger partial charge in [-0.2, -0.15) is 4.98 Å². The molecule has 2 heterocycles. The van der Waals surface area contributed by atoms with E-state index in [-0.39, 0.29) is 16.9 Å². The minimum atomic E-state index is -0.467. The number of hydrogen-bond donors (Lipinski definition) is 3. The van der Waals surface area contributed by atoms with Crippen LogP contribution in [0.3, 0.4) is 0 Å². The smallest absolute Gasteiger partial charge is 0.255 e. The van der Waals surface area contributed by atoms with Crippen LogP contribution in [-0.4, -0.2) is 31.2 Å². The molecule has 7 nitrogen and oxygen atoms in total. The molecule has 0 fully saturated rings. The summed E-state index contributed by atoms with van der Waals surface area (Å²) in [6.07, 6.45) is 2.15. The molecule has 0 bridgehead atoms. The lowest BCUT2D eigenvalue weighted by Gasteiger charge is -2.13. The van der Waals surface area contributed by atoms with E-state index in [1.54, 1.807) is 12.3 Å². The van der Waals surface area contributed by atoms with E-state index in [1.807, 2.05) is 19.9 Å². The van der Waals surface area contributed by atoms with Gasteiger partial charge < -0.3 is 15.4 Å². The van der Waals surface area contributed by atoms with Crippen molar-refractivity contribution in [2.75, 3.05) is 5.32 Å². The average molecular weight is 320 g/mol. The molecular formula is C14H16N4O3S. The van der Waals surface area contributed by atoms with Crippen LogP contribution < -0.4 is 10.9 Å². The molecule has 0 saturated carbocycles. The summed E-state index contributed by atoms with van der Waals surface area (Å²) in [5.41, 5.74) is 0.524. The number of hydrogen-bond acceptors (Lipinski definition) is 6. The molecule has 0 saturated heterocycles. The standard InChI is InChI=1S/C14H16N4O3S/c1-3-9(22-14-17-11(19)7-12(20)18-14)13(21)16-10-6-8(2)4-5-15-10/h4-7,9H,3H2,1-2H3,(H,15,16,21)(H2,17,18,19,20). The van der Waals surface area contributed by atoms with Crippen molar-refractivity contribution in [3.05, 3.63) is 40.3 Å². The van der Waals surface area contributed by atoms with Gasteiger partial charge in [-0.25, -0.2) is 4.98 Å². The molecule has 0 aliphatic carbocycles. The summed E-state index contributed by atoms with van der Waals surface area (Å²) in [6, 6.07) is 4.58. The number of H-pyrrole nitrogens is 1. The Hall–Kier alpha value is -2.35. The number of aromatic hydroxyl groups is 1. The SMILES string of the molecule is CCC(Sc1nc(O)cc(=O)[nH]1)C(=O)Nc1cc(C)ccn1. The van der Waals surface area contributed by atoms with Gasteiger partial charge in [0.25, 0.3) is 5.56 Å². The fourth-order valence-corrected chi connectivity index (χ4v) is 2.65. The van der Waals surface area contributed by atoms with Gasteiger partial charge in [-0.15, -0.1) is 0 Å². The van der Waals surface area contributed by atoms with Crippen molar-refractivity contribution in [1.29, 1.82) is 0 Å². The lowest BCUT2D eigenvalue weighted by Crippen LogP contribution is -2.25. The van der Waals surface area contributed by atoms with E-state index in [2.05, 4.69) is 20.3 Å². The van der Waals surface area contributed by atoms with Gasteiger partial charge in [0.2, 0.25) is 11.8 Å². The topological polar surface area (TPSA) is 108 Å². The zero-order valence-electron chi connectivity index (χ0n) is 12.2. The molecule has 0 aromatic carbocycles. The largest absolute Gasteiger partial charge is 0.493 e. The number of aryl methyl sites for hydroxylation is 1. The molecular weight excluding hydrogens is 304 g/mol. The van der Waals surface area contributed by atoms with Gasteiger partial charge in [0.05, 0.1) is 11.3 Å². The molecule has 2 aromatic heterocycles. The van der Waals surface area contributed by atoms with E-state index in [4.69, 9.17) is 0 Å². The number of carbonyl (C=O) groups is 1. The van der Waals surface area contributed by atoms with Gasteiger partial charge in [0, 0.05) is 6.20 Å². The first-order valence-electron chi connectivity index (χ1n) is 6.68. The second-order valence-electron chi connectivity index (χ2n) is 4.63. The fraction of sp³-hybridized carbons (Fsp3) is 0.286. The molecule has 1 atom stereocenters. The van der Waals surface area contributed by atoms with Crippen LogP contribution in [0, 0.1) is 6.92 Å². The number of carbonyl (C=O) groups excluding carboxylic acids is 1. The number of thioether (sulfide) groups is 1. The van der Waals surface area contributed by atoms with E-state index < -0.39 is 10.8 Å². The maximum atomic E-state index is 12.3. The summed E-state index contributed by atoms with van der Waals surface area (Å²) >= 11 is 1.08. The molecule has 22 heavy (non-hydrogen) atoms. The average Bonchev–Trinajstić information content (AvgIpc) is 2.43. The van der Waals surface area contributed by atoms with E-state index in [0.717, 1.165) is 23.4 Å². The van der Waals surface area contributed by atoms with Crippen LogP contribution in [0.1, 0.15) is 18.9 Å². The lowest BCUT2D eigenvalue weighted by atomic mass is 10.3. The monoisotopic (exact) mass is 320 g/mol. The van der Waals surface area contributed by atoms with Gasteiger partial charge in [0.1, 0.15) is 5.82 Å². The Balaban J connectivity index is 2.10. The van der Waals surface area contributed by atoms with Gasteiger partial charge in [-0.1, -0.05) is 18.7 Å². The summed E-state index contributed by atoms with van der Waals surface area (Å²) in [6.45, 7) is 3.76. The van der Waals surface area contributed by atoms with Crippen molar-refractivity contribution in [1.82, 2.24) is 15.0 Å². The van der Waals surface area contributed by atoms with Crippen molar-refractivity contribution < 1.29 is 9.90 Å². The van der Waals surface area contributed by atoms with E-state index in [9.17, 15) is 14.7 Å². The van der Waals surface area contributed by atoms with Crippen molar-refractivity contribution in [2.45, 2.75) is 30.7 Å². The highest BCUT2D eigenvalue weighted by molar-refractivity contribution is 8.00. The Morgan fingerprint density at radius 3 is 2.91 bits per heavy atom. The second-order valence-corrected chi connectivity index (χ2v) is 5.82. The number of aromatic nitrogens is 3. The van der Waals surface area contributed by atoms with Crippen LogP contribution >= 0.6 is 11.8 Å². The van der Waals surface area contributed by atoms with Crippen LogP contribution in [0.25, 0.3) is 0 Å². The third kappa shape index (κ3) is 4.32. The number of nitrogens with one attached hydrogen (secondary N) is 2. The Morgan fingerprint density at radius 1 is 1.50 bits per heavy atom. The summed E-state index contributed by atoms with van der Waals surface area (Å²) in [4.78, 5) is 33.9. The van der Waals surface area contributed by atoms with Gasteiger partial charge in [-0.3, -0.25) is 9.59 Å². The number of nitrogens with zero attached hydrogens (tertiary/aromatic N) is 2. The van der Waals surface area contributed by atoms with E-state index in [0.29, 0.717) is 12.2 Å². The van der Waals surface area contributed by atoms with Crippen molar-refractivity contribution in [3.8, 4) is 5.88 Å². The number of amides is 1. The fourth-order valence-electron chi connectivity index (χ4n) is 1.75. The summed E-state index contributed by atoms with van der Waals surface area (Å²) < 4.78 is 0. The molecule has 1 unspecified atom stereocenters. The van der Waals surface area contributed by atoms with Crippen LogP contribution in [0.2, 0.25) is 0 Å². The van der Waals surface area contributed by atoms with Crippen molar-refractivity contribution >= 4 is 23.5 Å². The molecule has 2 rings (SSSR count). The minimum absolute atomic E-state index is 0.198. The first kappa shape index (κ1) is 16.0. The highest BCUT2D eigenvalue weighted by atomic mass is 32.2. The molecule has 0 spiro atoms. The molecule has 0 aliphatic rings. The summed E-state index contributed by atoms with van der Waals surface area (Å²) in [7, 11) is 0. The Kier molecular flexibility index (Phi) is 5.16. The molecule has 8 heteroatoms. The summed E-state index contributed by atoms with van der Waals surface area (Å²) in [5.74, 6) is -0.139. The first-order chi connectivity index (χ1) is 10.5. The molecule has 0 aliphatic heterocycles. The van der Waals surface area contributed by atoms with Crippen LogP contribution in [0.5, 0.6) is 5.88 Å². The van der Waals surface area contributed by atoms with E-state index in [1.165, 1.54) is 0 Å². The van der Waals surface area contributed by atoms with Gasteiger partial charge in [0.15, 0.2) is 5.16 Å². The van der Waals surface area contributed by atoms with Crippen LogP contribution in [0.15, 0.2) is 34.3 Å².